The number of hydrogen-bond donors (Lipinski definition) is 2. The highest BCUT2D eigenvalue weighted by Crippen LogP contribution is 2.26. The Labute approximate surface area is 119 Å². The van der Waals surface area contributed by atoms with E-state index in [1.54, 1.807) is 0 Å². The number of sulfonamides is 1. The van der Waals surface area contributed by atoms with Crippen molar-refractivity contribution in [3.63, 3.8) is 0 Å². The monoisotopic (exact) mass is 293 g/mol. The van der Waals surface area contributed by atoms with Crippen LogP contribution in [0.1, 0.15) is 38.2 Å². The van der Waals surface area contributed by atoms with Crippen LogP contribution in [0.4, 0.5) is 5.69 Å². The zero-order valence-electron chi connectivity index (χ0n) is 11.5. The Morgan fingerprint density at radius 3 is 2.70 bits per heavy atom. The lowest BCUT2D eigenvalue weighted by Gasteiger charge is -2.29. The van der Waals surface area contributed by atoms with Crippen molar-refractivity contribution in [2.75, 3.05) is 5.73 Å². The zero-order chi connectivity index (χ0) is 14.8. The molecule has 0 aliphatic heterocycles. The molecule has 1 aromatic rings. The Morgan fingerprint density at radius 1 is 1.35 bits per heavy atom. The number of anilines is 1. The van der Waals surface area contributed by atoms with Crippen LogP contribution in [0.2, 0.25) is 0 Å². The maximum Gasteiger partial charge on any atom is 0.242 e. The molecule has 5 nitrogen and oxygen atoms in total. The van der Waals surface area contributed by atoms with Crippen molar-refractivity contribution in [2.45, 2.75) is 43.5 Å². The lowest BCUT2D eigenvalue weighted by molar-refractivity contribution is 0.310. The first-order chi connectivity index (χ1) is 9.44. The number of hydrogen-bond acceptors (Lipinski definition) is 4. The Morgan fingerprint density at radius 2 is 2.05 bits per heavy atom. The topological polar surface area (TPSA) is 96.0 Å². The minimum atomic E-state index is -3.68. The van der Waals surface area contributed by atoms with Gasteiger partial charge in [-0.1, -0.05) is 19.8 Å². The first-order valence-corrected chi connectivity index (χ1v) is 8.24. The molecule has 0 spiro atoms. The van der Waals surface area contributed by atoms with Crippen LogP contribution in [0.25, 0.3) is 0 Å². The van der Waals surface area contributed by atoms with Crippen LogP contribution in [-0.4, -0.2) is 14.5 Å². The highest BCUT2D eigenvalue weighted by molar-refractivity contribution is 7.89. The molecule has 2 atom stereocenters. The summed E-state index contributed by atoms with van der Waals surface area (Å²) in [6, 6.07) is 6.11. The maximum absolute atomic E-state index is 12.4. The summed E-state index contributed by atoms with van der Waals surface area (Å²) >= 11 is 0. The van der Waals surface area contributed by atoms with Gasteiger partial charge in [0.15, 0.2) is 0 Å². The number of benzene rings is 1. The molecule has 1 fully saturated rings. The van der Waals surface area contributed by atoms with E-state index < -0.39 is 10.0 Å². The van der Waals surface area contributed by atoms with Gasteiger partial charge in [0.25, 0.3) is 0 Å². The predicted molar refractivity (Wildman–Crippen MR) is 77.3 cm³/mol. The fourth-order valence-corrected chi connectivity index (χ4v) is 4.14. The SMILES string of the molecule is CC1CCCCC1NS(=O)(=O)c1ccc(N)cc1C#N. The van der Waals surface area contributed by atoms with Gasteiger partial charge < -0.3 is 5.73 Å². The summed E-state index contributed by atoms with van der Waals surface area (Å²) in [6.45, 7) is 2.06. The molecule has 0 saturated heterocycles. The Kier molecular flexibility index (Phi) is 4.31. The van der Waals surface area contributed by atoms with Gasteiger partial charge in [-0.3, -0.25) is 0 Å². The van der Waals surface area contributed by atoms with E-state index in [0.717, 1.165) is 25.7 Å². The molecule has 0 heterocycles. The molecule has 1 aliphatic carbocycles. The van der Waals surface area contributed by atoms with Crippen molar-refractivity contribution >= 4 is 15.7 Å². The molecule has 0 amide bonds. The first-order valence-electron chi connectivity index (χ1n) is 6.76. The van der Waals surface area contributed by atoms with Gasteiger partial charge in [0, 0.05) is 11.7 Å². The van der Waals surface area contributed by atoms with E-state index in [-0.39, 0.29) is 16.5 Å². The van der Waals surface area contributed by atoms with E-state index in [2.05, 4.69) is 11.6 Å². The number of nitriles is 1. The summed E-state index contributed by atoms with van der Waals surface area (Å²) in [5.74, 6) is 0.317. The highest BCUT2D eigenvalue weighted by Gasteiger charge is 2.28. The Bertz CT molecular complexity index is 634. The molecule has 2 unspecified atom stereocenters. The summed E-state index contributed by atoms with van der Waals surface area (Å²) in [4.78, 5) is 0.00646. The lowest BCUT2D eigenvalue weighted by Crippen LogP contribution is -2.41. The average molecular weight is 293 g/mol. The van der Waals surface area contributed by atoms with Crippen LogP contribution in [0, 0.1) is 17.2 Å². The smallest absolute Gasteiger partial charge is 0.242 e. The first kappa shape index (κ1) is 14.8. The summed E-state index contributed by atoms with van der Waals surface area (Å²) in [5, 5.41) is 9.07. The molecule has 3 N–H and O–H groups in total. The summed E-state index contributed by atoms with van der Waals surface area (Å²) in [7, 11) is -3.68. The summed E-state index contributed by atoms with van der Waals surface area (Å²) in [5.41, 5.74) is 6.05. The van der Waals surface area contributed by atoms with E-state index in [0.29, 0.717) is 11.6 Å². The van der Waals surface area contributed by atoms with Crippen LogP contribution in [-0.2, 0) is 10.0 Å². The van der Waals surface area contributed by atoms with Gasteiger partial charge in [0.1, 0.15) is 6.07 Å². The normalized spacial score (nSPS) is 23.2. The Hall–Kier alpha value is -1.58. The molecule has 0 aromatic heterocycles. The van der Waals surface area contributed by atoms with Gasteiger partial charge in [-0.2, -0.15) is 5.26 Å². The second-order valence-electron chi connectivity index (χ2n) is 5.36. The van der Waals surface area contributed by atoms with Crippen molar-refractivity contribution in [2.24, 2.45) is 5.92 Å². The van der Waals surface area contributed by atoms with E-state index in [9.17, 15) is 8.42 Å². The van der Waals surface area contributed by atoms with Crippen molar-refractivity contribution < 1.29 is 8.42 Å². The van der Waals surface area contributed by atoms with Crippen molar-refractivity contribution in [3.8, 4) is 6.07 Å². The molecular weight excluding hydrogens is 274 g/mol. The molecule has 0 radical (unpaired) electrons. The second kappa shape index (κ2) is 5.81. The number of nitrogens with two attached hydrogens (primary N) is 1. The minimum absolute atomic E-state index is 0.00646. The molecule has 6 heteroatoms. The quantitative estimate of drug-likeness (QED) is 0.833. The number of nitrogen functional groups attached to an aromatic ring is 1. The van der Waals surface area contributed by atoms with Crippen molar-refractivity contribution in [1.29, 1.82) is 5.26 Å². The number of nitrogens with one attached hydrogen (secondary N) is 1. The van der Waals surface area contributed by atoms with E-state index in [1.165, 1.54) is 18.2 Å². The fourth-order valence-electron chi connectivity index (χ4n) is 2.62. The molecular formula is C14H19N3O2S. The van der Waals surface area contributed by atoms with Gasteiger partial charge in [-0.15, -0.1) is 0 Å². The van der Waals surface area contributed by atoms with Crippen LogP contribution < -0.4 is 10.5 Å². The highest BCUT2D eigenvalue weighted by atomic mass is 32.2. The fraction of sp³-hybridized carbons (Fsp3) is 0.500. The van der Waals surface area contributed by atoms with Crippen LogP contribution in [0.5, 0.6) is 0 Å². The maximum atomic E-state index is 12.4. The Balaban J connectivity index is 2.29. The second-order valence-corrected chi connectivity index (χ2v) is 7.04. The van der Waals surface area contributed by atoms with Crippen LogP contribution >= 0.6 is 0 Å². The third-order valence-corrected chi connectivity index (χ3v) is 5.38. The van der Waals surface area contributed by atoms with Crippen molar-refractivity contribution in [1.82, 2.24) is 4.72 Å². The molecule has 0 bridgehead atoms. The third kappa shape index (κ3) is 3.11. The van der Waals surface area contributed by atoms with Crippen LogP contribution in [0.15, 0.2) is 23.1 Å². The number of nitrogens with zero attached hydrogens (tertiary/aromatic N) is 1. The largest absolute Gasteiger partial charge is 0.399 e. The lowest BCUT2D eigenvalue weighted by atomic mass is 9.87. The average Bonchev–Trinajstić information content (AvgIpc) is 2.40. The van der Waals surface area contributed by atoms with Crippen LogP contribution in [0.3, 0.4) is 0 Å². The van der Waals surface area contributed by atoms with Gasteiger partial charge in [-0.05, 0) is 37.0 Å². The van der Waals surface area contributed by atoms with Gasteiger partial charge in [0.05, 0.1) is 10.5 Å². The van der Waals surface area contributed by atoms with E-state index in [4.69, 9.17) is 11.0 Å². The van der Waals surface area contributed by atoms with Gasteiger partial charge in [0.2, 0.25) is 10.0 Å². The summed E-state index contributed by atoms with van der Waals surface area (Å²) < 4.78 is 27.6. The molecule has 108 valence electrons. The van der Waals surface area contributed by atoms with Crippen molar-refractivity contribution in [3.05, 3.63) is 23.8 Å². The molecule has 1 aromatic carbocycles. The van der Waals surface area contributed by atoms with E-state index in [1.807, 2.05) is 6.07 Å². The molecule has 1 saturated carbocycles. The predicted octanol–water partition coefficient (Wildman–Crippen LogP) is 2.00. The molecule has 1 aliphatic rings. The molecule has 20 heavy (non-hydrogen) atoms. The van der Waals surface area contributed by atoms with E-state index >= 15 is 0 Å². The van der Waals surface area contributed by atoms with Gasteiger partial charge >= 0.3 is 0 Å². The number of rotatable bonds is 3. The zero-order valence-corrected chi connectivity index (χ0v) is 12.3. The minimum Gasteiger partial charge on any atom is -0.399 e. The standard InChI is InChI=1S/C14H19N3O2S/c1-10-4-2-3-5-13(10)17-20(18,19)14-7-6-12(16)8-11(14)9-15/h6-8,10,13,17H,2-5,16H2,1H3. The third-order valence-electron chi connectivity index (χ3n) is 3.83. The molecule has 2 rings (SSSR count). The van der Waals surface area contributed by atoms with Gasteiger partial charge in [-0.25, -0.2) is 13.1 Å². The summed E-state index contributed by atoms with van der Waals surface area (Å²) in [6.07, 6.45) is 4.05.